The van der Waals surface area contributed by atoms with Gasteiger partial charge >= 0.3 is 0 Å². The van der Waals surface area contributed by atoms with Crippen molar-refractivity contribution in [2.75, 3.05) is 24.7 Å². The molecule has 0 aliphatic rings. The van der Waals surface area contributed by atoms with Crippen molar-refractivity contribution in [1.82, 2.24) is 14.3 Å². The number of likely N-dealkylation sites (N-methyl/N-ethyl adjacent to an activating group) is 1. The van der Waals surface area contributed by atoms with Crippen LogP contribution in [-0.2, 0) is 27.8 Å². The van der Waals surface area contributed by atoms with E-state index in [1.807, 2.05) is 24.3 Å². The van der Waals surface area contributed by atoms with Crippen molar-refractivity contribution >= 4 is 42.6 Å². The van der Waals surface area contributed by atoms with Crippen LogP contribution < -0.4 is 4.90 Å². The first kappa shape index (κ1) is 20.4. The number of pyridine rings is 1. The number of aromatic nitrogens is 2. The van der Waals surface area contributed by atoms with Gasteiger partial charge in [-0.2, -0.15) is 4.31 Å². The van der Waals surface area contributed by atoms with Gasteiger partial charge in [-0.3, -0.25) is 14.7 Å². The lowest BCUT2D eigenvalue weighted by atomic mass is 10.2. The van der Waals surface area contributed by atoms with Gasteiger partial charge in [0.2, 0.25) is 15.9 Å². The third-order valence-corrected chi connectivity index (χ3v) is 6.65. The average molecular weight is 419 g/mol. The third kappa shape index (κ3) is 4.73. The highest BCUT2D eigenvalue weighted by atomic mass is 32.2. The van der Waals surface area contributed by atoms with Crippen LogP contribution >= 0.6 is 11.3 Å². The molecular weight excluding hydrogens is 396 g/mol. The molecule has 0 bridgehead atoms. The average Bonchev–Trinajstić information content (AvgIpc) is 3.08. The Bertz CT molecular complexity index is 1080. The number of carbonyl (C=O) groups excluding carboxylic acids is 1. The molecule has 1 amide bonds. The zero-order valence-electron chi connectivity index (χ0n) is 16.0. The van der Waals surface area contributed by atoms with Crippen molar-refractivity contribution in [2.24, 2.45) is 0 Å². The van der Waals surface area contributed by atoms with E-state index in [0.29, 0.717) is 10.8 Å². The van der Waals surface area contributed by atoms with Gasteiger partial charge in [-0.1, -0.05) is 30.4 Å². The van der Waals surface area contributed by atoms with Gasteiger partial charge in [-0.05, 0) is 36.2 Å². The van der Waals surface area contributed by atoms with Gasteiger partial charge in [0.05, 0.1) is 35.3 Å². The molecule has 0 spiro atoms. The molecule has 2 aromatic heterocycles. The van der Waals surface area contributed by atoms with Crippen molar-refractivity contribution < 1.29 is 13.2 Å². The Hall–Kier alpha value is -2.36. The van der Waals surface area contributed by atoms with E-state index in [4.69, 9.17) is 0 Å². The zero-order chi connectivity index (χ0) is 20.3. The highest BCUT2D eigenvalue weighted by molar-refractivity contribution is 7.88. The number of thiazole rings is 1. The summed E-state index contributed by atoms with van der Waals surface area (Å²) in [6, 6.07) is 11.5. The number of hydrogen-bond acceptors (Lipinski definition) is 6. The molecule has 0 radical (unpaired) electrons. The van der Waals surface area contributed by atoms with Crippen LogP contribution in [0.3, 0.4) is 0 Å². The highest BCUT2D eigenvalue weighted by Crippen LogP contribution is 2.30. The molecule has 0 saturated heterocycles. The summed E-state index contributed by atoms with van der Waals surface area (Å²) in [5.41, 5.74) is 2.71. The number of fused-ring (bicyclic) bond motifs is 1. The first-order valence-electron chi connectivity index (χ1n) is 8.79. The number of sulfonamides is 1. The number of anilines is 1. The zero-order valence-corrected chi connectivity index (χ0v) is 17.6. The minimum atomic E-state index is -3.47. The predicted octanol–water partition coefficient (Wildman–Crippen LogP) is 2.68. The van der Waals surface area contributed by atoms with Gasteiger partial charge in [-0.15, -0.1) is 0 Å². The van der Waals surface area contributed by atoms with E-state index in [0.717, 1.165) is 27.2 Å². The Morgan fingerprint density at radius 1 is 1.21 bits per heavy atom. The lowest BCUT2D eigenvalue weighted by Crippen LogP contribution is -2.40. The van der Waals surface area contributed by atoms with Crippen LogP contribution in [0.4, 0.5) is 5.13 Å². The van der Waals surface area contributed by atoms with Gasteiger partial charge in [0.25, 0.3) is 0 Å². The third-order valence-electron chi connectivity index (χ3n) is 4.35. The number of rotatable bonds is 7. The van der Waals surface area contributed by atoms with Crippen molar-refractivity contribution in [3.63, 3.8) is 0 Å². The first-order valence-corrected chi connectivity index (χ1v) is 11.5. The maximum absolute atomic E-state index is 13.0. The monoisotopic (exact) mass is 418 g/mol. The summed E-state index contributed by atoms with van der Waals surface area (Å²) >= 11 is 1.42. The molecule has 0 aliphatic heterocycles. The Kier molecular flexibility index (Phi) is 6.07. The molecule has 3 rings (SSSR count). The smallest absolute Gasteiger partial charge is 0.244 e. The van der Waals surface area contributed by atoms with Crippen LogP contribution in [0.2, 0.25) is 0 Å². The van der Waals surface area contributed by atoms with Crippen LogP contribution in [0.25, 0.3) is 10.2 Å². The second-order valence-electron chi connectivity index (χ2n) is 6.47. The summed E-state index contributed by atoms with van der Waals surface area (Å²) in [5.74, 6) is -0.353. The summed E-state index contributed by atoms with van der Waals surface area (Å²) < 4.78 is 25.5. The van der Waals surface area contributed by atoms with Crippen molar-refractivity contribution in [3.8, 4) is 0 Å². The van der Waals surface area contributed by atoms with Crippen molar-refractivity contribution in [2.45, 2.75) is 19.9 Å². The van der Waals surface area contributed by atoms with E-state index in [1.54, 1.807) is 12.3 Å². The molecule has 0 fully saturated rings. The lowest BCUT2D eigenvalue weighted by molar-refractivity contribution is -0.118. The molecule has 0 unspecified atom stereocenters. The van der Waals surface area contributed by atoms with Crippen LogP contribution in [0.15, 0.2) is 42.6 Å². The van der Waals surface area contributed by atoms with E-state index < -0.39 is 10.0 Å². The molecule has 3 aromatic rings. The molecule has 0 N–H and O–H groups in total. The topological polar surface area (TPSA) is 83.5 Å². The summed E-state index contributed by atoms with van der Waals surface area (Å²) in [5, 5.41) is 0.529. The maximum Gasteiger partial charge on any atom is 0.244 e. The Labute approximate surface area is 168 Å². The van der Waals surface area contributed by atoms with Crippen LogP contribution in [0.5, 0.6) is 0 Å². The van der Waals surface area contributed by atoms with Crippen molar-refractivity contribution in [3.05, 3.63) is 53.9 Å². The number of benzene rings is 1. The molecule has 0 aliphatic carbocycles. The van der Waals surface area contributed by atoms with Gasteiger partial charge in [0, 0.05) is 13.2 Å². The largest absolute Gasteiger partial charge is 0.281 e. The van der Waals surface area contributed by atoms with Gasteiger partial charge in [0.1, 0.15) is 0 Å². The quantitative estimate of drug-likeness (QED) is 0.589. The summed E-state index contributed by atoms with van der Waals surface area (Å²) in [4.78, 5) is 23.4. The van der Waals surface area contributed by atoms with Crippen molar-refractivity contribution in [1.29, 1.82) is 0 Å². The fraction of sp³-hybridized carbons (Fsp3) is 0.316. The Morgan fingerprint density at radius 2 is 2.00 bits per heavy atom. The number of carbonyl (C=O) groups is 1. The minimum absolute atomic E-state index is 0.220. The highest BCUT2D eigenvalue weighted by Gasteiger charge is 2.24. The molecule has 2 heterocycles. The molecule has 28 heavy (non-hydrogen) atoms. The van der Waals surface area contributed by atoms with E-state index in [9.17, 15) is 13.2 Å². The fourth-order valence-corrected chi connectivity index (χ4v) is 3.99. The minimum Gasteiger partial charge on any atom is -0.281 e. The summed E-state index contributed by atoms with van der Waals surface area (Å²) in [7, 11) is -2.08. The SMILES string of the molecule is CCc1ccc2nc(N(Cc3ccccn3)C(=O)CN(C)S(C)(=O)=O)sc2c1. The Morgan fingerprint density at radius 3 is 2.64 bits per heavy atom. The predicted molar refractivity (Wildman–Crippen MR) is 112 cm³/mol. The fourth-order valence-electron chi connectivity index (χ4n) is 2.60. The number of hydrogen-bond donors (Lipinski definition) is 0. The van der Waals surface area contributed by atoms with E-state index in [2.05, 4.69) is 23.0 Å². The second kappa shape index (κ2) is 8.34. The van der Waals surface area contributed by atoms with Crippen LogP contribution in [0, 0.1) is 0 Å². The Balaban J connectivity index is 1.96. The molecule has 0 atom stereocenters. The normalized spacial score (nSPS) is 11.9. The summed E-state index contributed by atoms with van der Waals surface area (Å²) in [6.07, 6.45) is 3.65. The van der Waals surface area contributed by atoms with Crippen LogP contribution in [0.1, 0.15) is 18.2 Å². The first-order chi connectivity index (χ1) is 13.3. The second-order valence-corrected chi connectivity index (χ2v) is 9.57. The number of nitrogens with zero attached hydrogens (tertiary/aromatic N) is 4. The van der Waals surface area contributed by atoms with Gasteiger partial charge in [-0.25, -0.2) is 13.4 Å². The molecule has 1 aromatic carbocycles. The number of amides is 1. The summed E-state index contributed by atoms with van der Waals surface area (Å²) in [6.45, 7) is 2.04. The molecule has 0 saturated carbocycles. The van der Waals surface area contributed by atoms with E-state index in [1.165, 1.54) is 28.8 Å². The lowest BCUT2D eigenvalue weighted by Gasteiger charge is -2.22. The standard InChI is InChI=1S/C19H22N4O3S2/c1-4-14-8-9-16-17(11-14)27-19(21-16)23(12-15-7-5-6-10-20-15)18(24)13-22(2)28(3,25)26/h5-11H,4,12-13H2,1-3H3. The molecular formula is C19H22N4O3S2. The number of aryl methyl sites for hydroxylation is 1. The van der Waals surface area contributed by atoms with Crippen LogP contribution in [-0.4, -0.2) is 48.4 Å². The van der Waals surface area contributed by atoms with E-state index >= 15 is 0 Å². The maximum atomic E-state index is 13.0. The van der Waals surface area contributed by atoms with Gasteiger partial charge < -0.3 is 0 Å². The molecule has 7 nitrogen and oxygen atoms in total. The molecule has 9 heteroatoms. The van der Waals surface area contributed by atoms with E-state index in [-0.39, 0.29) is 19.0 Å². The molecule has 148 valence electrons. The van der Waals surface area contributed by atoms with Gasteiger partial charge in [0.15, 0.2) is 5.13 Å².